The summed E-state index contributed by atoms with van der Waals surface area (Å²) in [4.78, 5) is 26.8. The van der Waals surface area contributed by atoms with Crippen LogP contribution in [0.25, 0.3) is 11.1 Å². The molecule has 1 unspecified atom stereocenters. The van der Waals surface area contributed by atoms with Crippen molar-refractivity contribution < 1.29 is 23.8 Å². The van der Waals surface area contributed by atoms with Crippen molar-refractivity contribution in [2.75, 3.05) is 26.3 Å². The number of amides is 1. The number of carbonyl (C=O) groups excluding carboxylic acids is 1. The Morgan fingerprint density at radius 2 is 1.68 bits per heavy atom. The zero-order chi connectivity index (χ0) is 19.7. The van der Waals surface area contributed by atoms with Crippen LogP contribution < -0.4 is 0 Å². The molecule has 2 aromatic rings. The molecule has 6 heteroatoms. The van der Waals surface area contributed by atoms with Gasteiger partial charge in [-0.3, -0.25) is 9.59 Å². The van der Waals surface area contributed by atoms with Crippen molar-refractivity contribution >= 4 is 11.9 Å². The topological polar surface area (TPSA) is 66.8 Å². The molecule has 0 radical (unpaired) electrons. The number of rotatable bonds is 3. The highest BCUT2D eigenvalue weighted by molar-refractivity contribution is 6.01. The van der Waals surface area contributed by atoms with Crippen molar-refractivity contribution in [3.63, 3.8) is 0 Å². The smallest absolute Gasteiger partial charge is 0.308 e. The standard InChI is InChI=1S/C22H22FNO4/c23-19-8-4-3-6-16(19)15-5-1-2-7-17(15)20(25)24-13-18(21(26)27)22(14-24)9-11-28-12-10-22/h1-8,18H,9-14H2,(H,26,27). The Labute approximate surface area is 162 Å². The fourth-order valence-electron chi connectivity index (χ4n) is 4.50. The Bertz CT molecular complexity index is 907. The quantitative estimate of drug-likeness (QED) is 0.882. The van der Waals surface area contributed by atoms with Gasteiger partial charge in [-0.2, -0.15) is 0 Å². The number of benzene rings is 2. The lowest BCUT2D eigenvalue weighted by Gasteiger charge is -2.36. The molecule has 0 aliphatic carbocycles. The normalized spacial score (nSPS) is 21.0. The number of carboxylic acids is 1. The van der Waals surface area contributed by atoms with E-state index < -0.39 is 23.1 Å². The summed E-state index contributed by atoms with van der Waals surface area (Å²) < 4.78 is 19.7. The number of ether oxygens (including phenoxy) is 1. The van der Waals surface area contributed by atoms with Crippen molar-refractivity contribution in [3.05, 3.63) is 59.9 Å². The molecule has 2 aromatic carbocycles. The first-order valence-corrected chi connectivity index (χ1v) is 9.46. The van der Waals surface area contributed by atoms with Crippen LogP contribution in [0.1, 0.15) is 23.2 Å². The maximum Gasteiger partial charge on any atom is 0.308 e. The van der Waals surface area contributed by atoms with Gasteiger partial charge in [0.15, 0.2) is 0 Å². The van der Waals surface area contributed by atoms with Gasteiger partial charge in [0.1, 0.15) is 5.82 Å². The van der Waals surface area contributed by atoms with Crippen LogP contribution in [-0.4, -0.2) is 48.2 Å². The molecule has 1 spiro atoms. The van der Waals surface area contributed by atoms with Gasteiger partial charge in [-0.25, -0.2) is 4.39 Å². The molecule has 1 amide bonds. The summed E-state index contributed by atoms with van der Waals surface area (Å²) in [5, 5.41) is 9.74. The lowest BCUT2D eigenvalue weighted by molar-refractivity contribution is -0.146. The predicted molar refractivity (Wildman–Crippen MR) is 101 cm³/mol. The van der Waals surface area contributed by atoms with Gasteiger partial charge in [0, 0.05) is 42.8 Å². The third-order valence-electron chi connectivity index (χ3n) is 6.04. The van der Waals surface area contributed by atoms with Crippen LogP contribution in [0.2, 0.25) is 0 Å². The van der Waals surface area contributed by atoms with E-state index in [2.05, 4.69) is 0 Å². The minimum absolute atomic E-state index is 0.166. The van der Waals surface area contributed by atoms with Crippen molar-refractivity contribution in [1.82, 2.24) is 4.90 Å². The van der Waals surface area contributed by atoms with Crippen molar-refractivity contribution in [3.8, 4) is 11.1 Å². The van der Waals surface area contributed by atoms with Crippen molar-refractivity contribution in [1.29, 1.82) is 0 Å². The maximum absolute atomic E-state index is 14.3. The second kappa shape index (κ2) is 7.36. The second-order valence-corrected chi connectivity index (χ2v) is 7.58. The SMILES string of the molecule is O=C(O)C1CN(C(=O)c2ccccc2-c2ccccc2F)CC12CCOCC2. The summed E-state index contributed by atoms with van der Waals surface area (Å²) >= 11 is 0. The maximum atomic E-state index is 14.3. The Morgan fingerprint density at radius 3 is 2.36 bits per heavy atom. The summed E-state index contributed by atoms with van der Waals surface area (Å²) in [5.41, 5.74) is 0.819. The predicted octanol–water partition coefficient (Wildman–Crippen LogP) is 3.45. The lowest BCUT2D eigenvalue weighted by Crippen LogP contribution is -2.40. The van der Waals surface area contributed by atoms with E-state index in [1.165, 1.54) is 6.07 Å². The number of likely N-dealkylation sites (tertiary alicyclic amines) is 1. The van der Waals surface area contributed by atoms with Gasteiger partial charge in [0.2, 0.25) is 0 Å². The summed E-state index contributed by atoms with van der Waals surface area (Å²) in [6, 6.07) is 13.3. The van der Waals surface area contributed by atoms with Gasteiger partial charge in [0.25, 0.3) is 5.91 Å². The van der Waals surface area contributed by atoms with Gasteiger partial charge in [0.05, 0.1) is 5.92 Å². The number of hydrogen-bond acceptors (Lipinski definition) is 3. The first-order chi connectivity index (χ1) is 13.5. The zero-order valence-corrected chi connectivity index (χ0v) is 15.4. The molecule has 0 bridgehead atoms. The minimum Gasteiger partial charge on any atom is -0.481 e. The van der Waals surface area contributed by atoms with E-state index in [0.29, 0.717) is 49.3 Å². The molecule has 2 heterocycles. The largest absolute Gasteiger partial charge is 0.481 e. The molecule has 0 saturated carbocycles. The lowest BCUT2D eigenvalue weighted by atomic mass is 9.72. The average molecular weight is 383 g/mol. The molecule has 146 valence electrons. The van der Waals surface area contributed by atoms with E-state index in [4.69, 9.17) is 4.74 Å². The molecule has 2 fully saturated rings. The van der Waals surface area contributed by atoms with Crippen molar-refractivity contribution in [2.45, 2.75) is 12.8 Å². The fourth-order valence-corrected chi connectivity index (χ4v) is 4.50. The minimum atomic E-state index is -0.875. The van der Waals surface area contributed by atoms with E-state index in [1.54, 1.807) is 47.4 Å². The van der Waals surface area contributed by atoms with Crippen LogP contribution in [-0.2, 0) is 9.53 Å². The molecule has 28 heavy (non-hydrogen) atoms. The Kier molecular flexibility index (Phi) is 4.89. The summed E-state index contributed by atoms with van der Waals surface area (Å²) in [7, 11) is 0. The molecule has 5 nitrogen and oxygen atoms in total. The van der Waals surface area contributed by atoms with Crippen LogP contribution in [0.4, 0.5) is 4.39 Å². The number of nitrogens with zero attached hydrogens (tertiary/aromatic N) is 1. The molecule has 1 atom stereocenters. The number of carbonyl (C=O) groups is 2. The van der Waals surface area contributed by atoms with Gasteiger partial charge < -0.3 is 14.7 Å². The first-order valence-electron chi connectivity index (χ1n) is 9.46. The van der Waals surface area contributed by atoms with Crippen LogP contribution in [0.3, 0.4) is 0 Å². The summed E-state index contributed by atoms with van der Waals surface area (Å²) in [5.74, 6) is -2.14. The molecule has 2 aliphatic heterocycles. The molecule has 0 aromatic heterocycles. The van der Waals surface area contributed by atoms with Gasteiger partial charge in [-0.1, -0.05) is 36.4 Å². The van der Waals surface area contributed by atoms with Gasteiger partial charge >= 0.3 is 5.97 Å². The first kappa shape index (κ1) is 18.6. The Morgan fingerprint density at radius 1 is 1.04 bits per heavy atom. The average Bonchev–Trinajstić information content (AvgIpc) is 3.07. The van der Waals surface area contributed by atoms with Crippen LogP contribution in [0.5, 0.6) is 0 Å². The Hall–Kier alpha value is -2.73. The highest BCUT2D eigenvalue weighted by Gasteiger charge is 2.52. The number of halogens is 1. The van der Waals surface area contributed by atoms with Crippen molar-refractivity contribution in [2.24, 2.45) is 11.3 Å². The van der Waals surface area contributed by atoms with Gasteiger partial charge in [-0.05, 0) is 30.5 Å². The van der Waals surface area contributed by atoms with Gasteiger partial charge in [-0.15, -0.1) is 0 Å². The summed E-state index contributed by atoms with van der Waals surface area (Å²) in [6.45, 7) is 1.58. The second-order valence-electron chi connectivity index (χ2n) is 7.58. The highest BCUT2D eigenvalue weighted by atomic mass is 19.1. The highest BCUT2D eigenvalue weighted by Crippen LogP contribution is 2.45. The fraction of sp³-hybridized carbons (Fsp3) is 0.364. The van der Waals surface area contributed by atoms with Crippen LogP contribution in [0, 0.1) is 17.2 Å². The molecular formula is C22H22FNO4. The molecule has 4 rings (SSSR count). The summed E-state index contributed by atoms with van der Waals surface area (Å²) in [6.07, 6.45) is 1.26. The number of aliphatic carboxylic acids is 1. The third-order valence-corrected chi connectivity index (χ3v) is 6.04. The van der Waals surface area contributed by atoms with E-state index in [-0.39, 0.29) is 12.5 Å². The molecular weight excluding hydrogens is 361 g/mol. The third kappa shape index (κ3) is 3.18. The van der Waals surface area contributed by atoms with Crippen LogP contribution in [0.15, 0.2) is 48.5 Å². The van der Waals surface area contributed by atoms with E-state index in [9.17, 15) is 19.1 Å². The van der Waals surface area contributed by atoms with Crippen LogP contribution >= 0.6 is 0 Å². The molecule has 1 N–H and O–H groups in total. The number of carboxylic acid groups (broad SMARTS) is 1. The van der Waals surface area contributed by atoms with E-state index in [0.717, 1.165) is 0 Å². The van der Waals surface area contributed by atoms with E-state index in [1.807, 2.05) is 0 Å². The molecule has 2 saturated heterocycles. The Balaban J connectivity index is 1.68. The zero-order valence-electron chi connectivity index (χ0n) is 15.4. The number of hydrogen-bond donors (Lipinski definition) is 1. The monoisotopic (exact) mass is 383 g/mol. The molecule has 2 aliphatic rings. The van der Waals surface area contributed by atoms with E-state index >= 15 is 0 Å².